The zero-order chi connectivity index (χ0) is 9.97. The molecular formula is C9H8N4O. The Balaban J connectivity index is 2.63. The van der Waals surface area contributed by atoms with Crippen molar-refractivity contribution in [3.8, 4) is 11.3 Å². The van der Waals surface area contributed by atoms with E-state index in [4.69, 9.17) is 0 Å². The molecule has 2 aromatic rings. The van der Waals surface area contributed by atoms with Gasteiger partial charge in [-0.3, -0.25) is 9.48 Å². The third-order valence-corrected chi connectivity index (χ3v) is 1.79. The van der Waals surface area contributed by atoms with E-state index in [0.717, 1.165) is 0 Å². The normalized spacial score (nSPS) is 10.1. The summed E-state index contributed by atoms with van der Waals surface area (Å²) < 4.78 is 1.58. The van der Waals surface area contributed by atoms with Gasteiger partial charge in [0.25, 0.3) is 0 Å². The first-order valence-corrected chi connectivity index (χ1v) is 4.08. The van der Waals surface area contributed by atoms with E-state index in [1.165, 1.54) is 18.5 Å². The molecule has 0 aromatic carbocycles. The highest BCUT2D eigenvalue weighted by molar-refractivity contribution is 5.55. The largest absolute Gasteiger partial charge is 0.287 e. The fourth-order valence-corrected chi connectivity index (χ4v) is 1.13. The molecule has 0 amide bonds. The van der Waals surface area contributed by atoms with E-state index in [1.807, 2.05) is 0 Å². The minimum Gasteiger partial charge on any atom is -0.287 e. The van der Waals surface area contributed by atoms with Crippen LogP contribution in [0.4, 0.5) is 0 Å². The molecule has 14 heavy (non-hydrogen) atoms. The Hall–Kier alpha value is -2.04. The van der Waals surface area contributed by atoms with Crippen LogP contribution in [0.5, 0.6) is 0 Å². The van der Waals surface area contributed by atoms with Crippen LogP contribution in [0.2, 0.25) is 0 Å². The zero-order valence-electron chi connectivity index (χ0n) is 7.58. The maximum atomic E-state index is 11.4. The summed E-state index contributed by atoms with van der Waals surface area (Å²) in [5, 5.41) is 11.4. The number of aromatic nitrogens is 4. The van der Waals surface area contributed by atoms with E-state index in [-0.39, 0.29) is 5.43 Å². The van der Waals surface area contributed by atoms with Crippen LogP contribution in [-0.4, -0.2) is 20.0 Å². The van der Waals surface area contributed by atoms with Crippen LogP contribution in [-0.2, 0) is 7.05 Å². The van der Waals surface area contributed by atoms with Crippen LogP contribution in [0.15, 0.2) is 35.5 Å². The molecule has 5 heteroatoms. The second kappa shape index (κ2) is 3.37. The van der Waals surface area contributed by atoms with Crippen LogP contribution in [0.3, 0.4) is 0 Å². The summed E-state index contributed by atoms with van der Waals surface area (Å²) in [5.41, 5.74) is 0.960. The number of nitrogens with zero attached hydrogens (tertiary/aromatic N) is 4. The van der Waals surface area contributed by atoms with Crippen molar-refractivity contribution in [1.82, 2.24) is 20.0 Å². The van der Waals surface area contributed by atoms with Crippen molar-refractivity contribution in [3.05, 3.63) is 40.9 Å². The van der Waals surface area contributed by atoms with Gasteiger partial charge in [0, 0.05) is 24.9 Å². The van der Waals surface area contributed by atoms with Crippen LogP contribution < -0.4 is 5.43 Å². The van der Waals surface area contributed by atoms with Gasteiger partial charge in [0.2, 0.25) is 5.43 Å². The molecule has 0 aliphatic rings. The zero-order valence-corrected chi connectivity index (χ0v) is 7.58. The maximum Gasteiger partial charge on any atom is 0.208 e. The molecule has 2 rings (SSSR count). The highest BCUT2D eigenvalue weighted by Gasteiger charge is 2.03. The molecule has 0 aliphatic carbocycles. The fourth-order valence-electron chi connectivity index (χ4n) is 1.13. The Kier molecular flexibility index (Phi) is 2.06. The lowest BCUT2D eigenvalue weighted by atomic mass is 10.2. The molecule has 0 atom stereocenters. The number of aryl methyl sites for hydroxylation is 1. The molecule has 0 unspecified atom stereocenters. The molecule has 2 aromatic heterocycles. The molecule has 2 heterocycles. The summed E-state index contributed by atoms with van der Waals surface area (Å²) in [6, 6.07) is 3.18. The summed E-state index contributed by atoms with van der Waals surface area (Å²) in [6.45, 7) is 0. The predicted molar refractivity (Wildman–Crippen MR) is 50.5 cm³/mol. The van der Waals surface area contributed by atoms with Gasteiger partial charge in [-0.05, 0) is 6.07 Å². The van der Waals surface area contributed by atoms with E-state index in [0.29, 0.717) is 11.3 Å². The van der Waals surface area contributed by atoms with Crippen LogP contribution >= 0.6 is 0 Å². The van der Waals surface area contributed by atoms with Crippen molar-refractivity contribution in [2.24, 2.45) is 7.05 Å². The summed E-state index contributed by atoms with van der Waals surface area (Å²) in [4.78, 5) is 11.4. The van der Waals surface area contributed by atoms with Gasteiger partial charge in [0.1, 0.15) is 5.69 Å². The van der Waals surface area contributed by atoms with Gasteiger partial charge in [-0.25, -0.2) is 0 Å². The summed E-state index contributed by atoms with van der Waals surface area (Å²) in [7, 11) is 1.76. The fraction of sp³-hybridized carbons (Fsp3) is 0.111. The molecule has 0 aliphatic heterocycles. The van der Waals surface area contributed by atoms with Crippen molar-refractivity contribution in [2.45, 2.75) is 0 Å². The van der Waals surface area contributed by atoms with Crippen molar-refractivity contribution in [1.29, 1.82) is 0 Å². The average molecular weight is 188 g/mol. The standard InChI is InChI=1S/C9H8N4O/c1-13-5-3-8(14)9(12-13)7-2-4-10-11-6-7/h2-6H,1H3. The summed E-state index contributed by atoms with van der Waals surface area (Å²) >= 11 is 0. The molecule has 0 fully saturated rings. The van der Waals surface area contributed by atoms with Crippen LogP contribution in [0.25, 0.3) is 11.3 Å². The monoisotopic (exact) mass is 188 g/mol. The lowest BCUT2D eigenvalue weighted by molar-refractivity contribution is 0.739. The highest BCUT2D eigenvalue weighted by Crippen LogP contribution is 2.07. The van der Waals surface area contributed by atoms with Crippen molar-refractivity contribution >= 4 is 0 Å². The smallest absolute Gasteiger partial charge is 0.208 e. The van der Waals surface area contributed by atoms with E-state index in [9.17, 15) is 4.79 Å². The number of rotatable bonds is 1. The Morgan fingerprint density at radius 2 is 2.14 bits per heavy atom. The SMILES string of the molecule is Cn1ccc(=O)c(-c2ccnnc2)n1. The molecule has 0 N–H and O–H groups in total. The molecule has 0 saturated heterocycles. The summed E-state index contributed by atoms with van der Waals surface area (Å²) in [6.07, 6.45) is 4.66. The maximum absolute atomic E-state index is 11.4. The van der Waals surface area contributed by atoms with Gasteiger partial charge in [-0.1, -0.05) is 0 Å². The topological polar surface area (TPSA) is 60.7 Å². The van der Waals surface area contributed by atoms with Gasteiger partial charge in [-0.2, -0.15) is 15.3 Å². The number of hydrogen-bond acceptors (Lipinski definition) is 4. The Morgan fingerprint density at radius 3 is 2.86 bits per heavy atom. The molecule has 0 spiro atoms. The molecule has 5 nitrogen and oxygen atoms in total. The second-order valence-corrected chi connectivity index (χ2v) is 2.83. The Bertz CT molecular complexity index is 492. The third-order valence-electron chi connectivity index (χ3n) is 1.79. The van der Waals surface area contributed by atoms with E-state index >= 15 is 0 Å². The average Bonchev–Trinajstić information content (AvgIpc) is 2.23. The highest BCUT2D eigenvalue weighted by atomic mass is 16.1. The van der Waals surface area contributed by atoms with Crippen molar-refractivity contribution in [3.63, 3.8) is 0 Å². The Morgan fingerprint density at radius 1 is 1.29 bits per heavy atom. The quantitative estimate of drug-likeness (QED) is 0.643. The minimum absolute atomic E-state index is 0.115. The molecular weight excluding hydrogens is 180 g/mol. The predicted octanol–water partition coefficient (Wildman–Crippen LogP) is 0.237. The molecule has 0 bridgehead atoms. The van der Waals surface area contributed by atoms with Gasteiger partial charge in [0.05, 0.1) is 12.4 Å². The van der Waals surface area contributed by atoms with Gasteiger partial charge >= 0.3 is 0 Å². The van der Waals surface area contributed by atoms with Gasteiger partial charge < -0.3 is 0 Å². The third kappa shape index (κ3) is 1.52. The van der Waals surface area contributed by atoms with Gasteiger partial charge in [-0.15, -0.1) is 0 Å². The van der Waals surface area contributed by atoms with Crippen LogP contribution in [0, 0.1) is 0 Å². The Labute approximate surface area is 80.0 Å². The first-order valence-electron chi connectivity index (χ1n) is 4.08. The molecule has 0 radical (unpaired) electrons. The van der Waals surface area contributed by atoms with Crippen molar-refractivity contribution < 1.29 is 0 Å². The lowest BCUT2D eigenvalue weighted by Gasteiger charge is -2.00. The van der Waals surface area contributed by atoms with E-state index < -0.39 is 0 Å². The lowest BCUT2D eigenvalue weighted by Crippen LogP contribution is -2.11. The first kappa shape index (κ1) is 8.55. The van der Waals surface area contributed by atoms with E-state index in [1.54, 1.807) is 24.0 Å². The van der Waals surface area contributed by atoms with Crippen molar-refractivity contribution in [2.75, 3.05) is 0 Å². The molecule has 0 saturated carbocycles. The second-order valence-electron chi connectivity index (χ2n) is 2.83. The summed E-state index contributed by atoms with van der Waals surface area (Å²) in [5.74, 6) is 0. The first-order chi connectivity index (χ1) is 6.77. The van der Waals surface area contributed by atoms with Gasteiger partial charge in [0.15, 0.2) is 0 Å². The number of hydrogen-bond donors (Lipinski definition) is 0. The minimum atomic E-state index is -0.115. The van der Waals surface area contributed by atoms with E-state index in [2.05, 4.69) is 15.3 Å². The molecule has 70 valence electrons. The van der Waals surface area contributed by atoms with Crippen LogP contribution in [0.1, 0.15) is 0 Å².